The molecule has 0 aliphatic carbocycles. The minimum atomic E-state index is -4.92. The zero-order valence-corrected chi connectivity index (χ0v) is 13.7. The van der Waals surface area contributed by atoms with Gasteiger partial charge >= 0.3 is 12.1 Å². The minimum Gasteiger partial charge on any atom is -0.465 e. The maximum atomic E-state index is 12.7. The summed E-state index contributed by atoms with van der Waals surface area (Å²) in [5.41, 5.74) is -1.76. The molecule has 0 fully saturated rings. The van der Waals surface area contributed by atoms with Crippen LogP contribution in [0.4, 0.5) is 13.2 Å². The third-order valence-electron chi connectivity index (χ3n) is 3.31. The van der Waals surface area contributed by atoms with Crippen LogP contribution in [-0.4, -0.2) is 43.3 Å². The summed E-state index contributed by atoms with van der Waals surface area (Å²) in [6, 6.07) is 0.843. The Kier molecular flexibility index (Phi) is 5.16. The molecule has 0 radical (unpaired) electrons. The molecule has 0 aliphatic rings. The standard InChI is InChI=1S/C14H17F3N4O4/c1-4-25-10(22)6-20-13(24)9-5-8(11(23)14(15,16)17)18-21(9)12(19-20)7(2)3/h5,7,11,23H,4,6H2,1-3H3. The van der Waals surface area contributed by atoms with Crippen molar-refractivity contribution in [3.63, 3.8) is 0 Å². The average molecular weight is 362 g/mol. The van der Waals surface area contributed by atoms with E-state index >= 15 is 0 Å². The van der Waals surface area contributed by atoms with Gasteiger partial charge in [-0.05, 0) is 13.0 Å². The van der Waals surface area contributed by atoms with Gasteiger partial charge in [0, 0.05) is 5.92 Å². The molecule has 2 aromatic rings. The first-order chi connectivity index (χ1) is 11.6. The van der Waals surface area contributed by atoms with E-state index in [9.17, 15) is 27.9 Å². The molecule has 1 atom stereocenters. The molecule has 0 spiro atoms. The molecule has 138 valence electrons. The molecular weight excluding hydrogens is 345 g/mol. The van der Waals surface area contributed by atoms with Crippen LogP contribution in [0.15, 0.2) is 10.9 Å². The van der Waals surface area contributed by atoms with Gasteiger partial charge in [0.25, 0.3) is 5.56 Å². The molecule has 25 heavy (non-hydrogen) atoms. The van der Waals surface area contributed by atoms with Gasteiger partial charge in [-0.15, -0.1) is 0 Å². The Morgan fingerprint density at radius 3 is 2.52 bits per heavy atom. The van der Waals surface area contributed by atoms with Crippen LogP contribution in [0.2, 0.25) is 0 Å². The number of carbonyl (C=O) groups excluding carboxylic acids is 1. The molecule has 0 aromatic carbocycles. The van der Waals surface area contributed by atoms with Crippen molar-refractivity contribution in [2.24, 2.45) is 0 Å². The van der Waals surface area contributed by atoms with E-state index in [2.05, 4.69) is 10.2 Å². The molecule has 11 heteroatoms. The van der Waals surface area contributed by atoms with Gasteiger partial charge in [-0.2, -0.15) is 23.4 Å². The number of carbonyl (C=O) groups is 1. The second-order valence-electron chi connectivity index (χ2n) is 5.59. The van der Waals surface area contributed by atoms with E-state index in [1.54, 1.807) is 20.8 Å². The third kappa shape index (κ3) is 3.81. The second-order valence-corrected chi connectivity index (χ2v) is 5.59. The zero-order valence-electron chi connectivity index (χ0n) is 13.7. The van der Waals surface area contributed by atoms with Crippen molar-refractivity contribution in [3.8, 4) is 0 Å². The molecule has 2 heterocycles. The number of halogens is 3. The van der Waals surface area contributed by atoms with Gasteiger partial charge in [-0.3, -0.25) is 9.59 Å². The summed E-state index contributed by atoms with van der Waals surface area (Å²) in [5.74, 6) is -0.849. The van der Waals surface area contributed by atoms with Gasteiger partial charge in [-0.25, -0.2) is 9.20 Å². The quantitative estimate of drug-likeness (QED) is 0.802. The van der Waals surface area contributed by atoms with Crippen molar-refractivity contribution in [3.05, 3.63) is 27.9 Å². The fourth-order valence-electron chi connectivity index (χ4n) is 2.17. The van der Waals surface area contributed by atoms with Crippen LogP contribution in [0.25, 0.3) is 5.52 Å². The number of nitrogens with zero attached hydrogens (tertiary/aromatic N) is 4. The highest BCUT2D eigenvalue weighted by Gasteiger charge is 2.41. The number of aliphatic hydroxyl groups excluding tert-OH is 1. The number of hydrogen-bond donors (Lipinski definition) is 1. The predicted octanol–water partition coefficient (Wildman–Crippen LogP) is 1.17. The van der Waals surface area contributed by atoms with Crippen molar-refractivity contribution in [1.29, 1.82) is 0 Å². The summed E-state index contributed by atoms with van der Waals surface area (Å²) in [7, 11) is 0. The largest absolute Gasteiger partial charge is 0.465 e. The van der Waals surface area contributed by atoms with Crippen LogP contribution in [0, 0.1) is 0 Å². The Morgan fingerprint density at radius 1 is 1.36 bits per heavy atom. The maximum Gasteiger partial charge on any atom is 0.420 e. The van der Waals surface area contributed by atoms with Crippen LogP contribution in [0.3, 0.4) is 0 Å². The molecule has 0 amide bonds. The molecular formula is C14H17F3N4O4. The molecule has 0 saturated heterocycles. The van der Waals surface area contributed by atoms with Gasteiger partial charge < -0.3 is 9.84 Å². The lowest BCUT2D eigenvalue weighted by Gasteiger charge is -2.12. The normalized spacial score (nSPS) is 13.4. The maximum absolute atomic E-state index is 12.7. The fourth-order valence-corrected chi connectivity index (χ4v) is 2.17. The van der Waals surface area contributed by atoms with E-state index in [0.717, 1.165) is 15.3 Å². The number of aliphatic hydroxyl groups is 1. The van der Waals surface area contributed by atoms with E-state index in [1.165, 1.54) is 0 Å². The monoisotopic (exact) mass is 362 g/mol. The van der Waals surface area contributed by atoms with Gasteiger partial charge in [0.15, 0.2) is 11.9 Å². The van der Waals surface area contributed by atoms with Crippen LogP contribution < -0.4 is 5.56 Å². The van der Waals surface area contributed by atoms with E-state index in [1.807, 2.05) is 0 Å². The number of hydrogen-bond acceptors (Lipinski definition) is 6. The molecule has 0 saturated carbocycles. The predicted molar refractivity (Wildman–Crippen MR) is 79.0 cm³/mol. The minimum absolute atomic E-state index is 0.113. The smallest absolute Gasteiger partial charge is 0.420 e. The lowest BCUT2D eigenvalue weighted by atomic mass is 10.2. The molecule has 2 aromatic heterocycles. The van der Waals surface area contributed by atoms with Crippen molar-refractivity contribution in [1.82, 2.24) is 19.4 Å². The number of esters is 1. The van der Waals surface area contributed by atoms with Crippen molar-refractivity contribution in [2.75, 3.05) is 6.61 Å². The zero-order chi connectivity index (χ0) is 18.9. The number of rotatable bonds is 5. The summed E-state index contributed by atoms with van der Waals surface area (Å²) in [5, 5.41) is 17.0. The number of aromatic nitrogens is 4. The van der Waals surface area contributed by atoms with Gasteiger partial charge in [0.1, 0.15) is 17.8 Å². The highest BCUT2D eigenvalue weighted by Crippen LogP contribution is 2.32. The van der Waals surface area contributed by atoms with Gasteiger partial charge in [0.2, 0.25) is 0 Å². The van der Waals surface area contributed by atoms with E-state index in [0.29, 0.717) is 0 Å². The lowest BCUT2D eigenvalue weighted by molar-refractivity contribution is -0.208. The summed E-state index contributed by atoms with van der Waals surface area (Å²) in [4.78, 5) is 24.0. The average Bonchev–Trinajstić information content (AvgIpc) is 2.93. The van der Waals surface area contributed by atoms with Crippen molar-refractivity contribution >= 4 is 11.5 Å². The van der Waals surface area contributed by atoms with Crippen LogP contribution >= 0.6 is 0 Å². The first-order valence-corrected chi connectivity index (χ1v) is 7.47. The number of alkyl halides is 3. The third-order valence-corrected chi connectivity index (χ3v) is 3.31. The Bertz CT molecular complexity index is 841. The first kappa shape index (κ1) is 18.9. The fraction of sp³-hybridized carbons (Fsp3) is 0.571. The lowest BCUT2D eigenvalue weighted by Crippen LogP contribution is -2.31. The summed E-state index contributed by atoms with van der Waals surface area (Å²) >= 11 is 0. The molecule has 8 nitrogen and oxygen atoms in total. The van der Waals surface area contributed by atoms with Crippen LogP contribution in [0.5, 0.6) is 0 Å². The Morgan fingerprint density at radius 2 is 2.00 bits per heavy atom. The Balaban J connectivity index is 2.62. The van der Waals surface area contributed by atoms with E-state index in [-0.39, 0.29) is 23.9 Å². The highest BCUT2D eigenvalue weighted by atomic mass is 19.4. The molecule has 0 bridgehead atoms. The summed E-state index contributed by atoms with van der Waals surface area (Å²) in [6.45, 7) is 4.62. The van der Waals surface area contributed by atoms with E-state index in [4.69, 9.17) is 4.74 Å². The SMILES string of the molecule is CCOC(=O)Cn1nc(C(C)C)n2nc(C(O)C(F)(F)F)cc2c1=O. The van der Waals surface area contributed by atoms with Gasteiger partial charge in [0.05, 0.1) is 6.61 Å². The van der Waals surface area contributed by atoms with E-state index < -0.39 is 36.0 Å². The van der Waals surface area contributed by atoms with Crippen molar-refractivity contribution < 1.29 is 27.8 Å². The Hall–Kier alpha value is -2.43. The molecule has 1 N–H and O–H groups in total. The van der Waals surface area contributed by atoms with Crippen molar-refractivity contribution in [2.45, 2.75) is 45.5 Å². The Labute approximate surface area is 139 Å². The van der Waals surface area contributed by atoms with Crippen LogP contribution in [-0.2, 0) is 16.1 Å². The molecule has 2 rings (SSSR count). The first-order valence-electron chi connectivity index (χ1n) is 7.47. The topological polar surface area (TPSA) is 98.7 Å². The summed E-state index contributed by atoms with van der Waals surface area (Å²) < 4.78 is 44.6. The second kappa shape index (κ2) is 6.82. The number of ether oxygens (including phenoxy) is 1. The van der Waals surface area contributed by atoms with Gasteiger partial charge in [-0.1, -0.05) is 13.8 Å². The molecule has 1 unspecified atom stereocenters. The summed E-state index contributed by atoms with van der Waals surface area (Å²) in [6.07, 6.45) is -7.75. The number of fused-ring (bicyclic) bond motifs is 1. The molecule has 0 aliphatic heterocycles. The highest BCUT2D eigenvalue weighted by molar-refractivity contribution is 5.69. The van der Waals surface area contributed by atoms with Crippen LogP contribution in [0.1, 0.15) is 44.3 Å².